The van der Waals surface area contributed by atoms with Gasteiger partial charge in [-0.3, -0.25) is 19.4 Å². The molecule has 0 saturated carbocycles. The highest BCUT2D eigenvalue weighted by Crippen LogP contribution is 2.25. The number of para-hydroxylation sites is 1. The zero-order valence-electron chi connectivity index (χ0n) is 18.1. The van der Waals surface area contributed by atoms with Gasteiger partial charge in [0.25, 0.3) is 11.5 Å². The Bertz CT molecular complexity index is 1170. The predicted octanol–water partition coefficient (Wildman–Crippen LogP) is -0.0991. The number of ether oxygens (including phenoxy) is 2. The van der Waals surface area contributed by atoms with Crippen LogP contribution >= 0.6 is 0 Å². The molecule has 1 spiro atoms. The molecule has 174 valence electrons. The van der Waals surface area contributed by atoms with E-state index >= 15 is 0 Å². The molecular weight excluding hydrogens is 428 g/mol. The van der Waals surface area contributed by atoms with Gasteiger partial charge in [0.05, 0.1) is 26.1 Å². The van der Waals surface area contributed by atoms with E-state index in [2.05, 4.69) is 15.3 Å². The van der Waals surface area contributed by atoms with E-state index in [4.69, 9.17) is 9.47 Å². The van der Waals surface area contributed by atoms with Crippen molar-refractivity contribution < 1.29 is 19.1 Å². The van der Waals surface area contributed by atoms with Gasteiger partial charge in [-0.1, -0.05) is 30.4 Å². The molecule has 10 nitrogen and oxygen atoms in total. The molecule has 2 amide bonds. The molecule has 33 heavy (non-hydrogen) atoms. The molecule has 2 aliphatic heterocycles. The molecule has 0 aliphatic carbocycles. The quantitative estimate of drug-likeness (QED) is 0.543. The van der Waals surface area contributed by atoms with Crippen LogP contribution in [0, 0.1) is 0 Å². The van der Waals surface area contributed by atoms with Crippen molar-refractivity contribution >= 4 is 11.8 Å². The van der Waals surface area contributed by atoms with Gasteiger partial charge in [-0.25, -0.2) is 4.79 Å². The van der Waals surface area contributed by atoms with E-state index in [0.717, 1.165) is 11.3 Å². The van der Waals surface area contributed by atoms with Gasteiger partial charge in [-0.05, 0) is 18.1 Å². The predicted molar refractivity (Wildman–Crippen MR) is 119 cm³/mol. The van der Waals surface area contributed by atoms with Gasteiger partial charge in [0.2, 0.25) is 5.91 Å². The first-order valence-electron chi connectivity index (χ1n) is 10.8. The summed E-state index contributed by atoms with van der Waals surface area (Å²) in [5, 5.41) is 2.86. The van der Waals surface area contributed by atoms with Crippen LogP contribution in [-0.2, 0) is 27.2 Å². The molecule has 2 aliphatic rings. The van der Waals surface area contributed by atoms with E-state index < -0.39 is 16.9 Å². The van der Waals surface area contributed by atoms with Crippen molar-refractivity contribution in [2.45, 2.75) is 24.9 Å². The number of hydrogen-bond donors (Lipinski definition) is 3. The Kier molecular flexibility index (Phi) is 6.74. The molecule has 1 saturated heterocycles. The summed E-state index contributed by atoms with van der Waals surface area (Å²) in [7, 11) is 0. The van der Waals surface area contributed by atoms with Crippen molar-refractivity contribution in [3.8, 4) is 5.75 Å². The summed E-state index contributed by atoms with van der Waals surface area (Å²) in [6.45, 7) is 1.15. The summed E-state index contributed by atoms with van der Waals surface area (Å²) in [6, 6.07) is 7.76. The Morgan fingerprint density at radius 2 is 1.97 bits per heavy atom. The second-order valence-corrected chi connectivity index (χ2v) is 8.02. The average Bonchev–Trinajstić information content (AvgIpc) is 2.81. The number of H-pyrrole nitrogens is 2. The summed E-state index contributed by atoms with van der Waals surface area (Å²) in [4.78, 5) is 55.2. The lowest BCUT2D eigenvalue weighted by Crippen LogP contribution is -2.61. The van der Waals surface area contributed by atoms with Crippen LogP contribution in [0.5, 0.6) is 5.75 Å². The smallest absolute Gasteiger partial charge is 0.325 e. The van der Waals surface area contributed by atoms with Gasteiger partial charge in [0, 0.05) is 24.7 Å². The Morgan fingerprint density at radius 1 is 1.12 bits per heavy atom. The SMILES string of the molecule is O=C(Cc1c[nH]c(=O)[nH]c1=O)N1CCOC2(C/C=C/Cc3ccccc3OCCNC2=O)C1. The first-order valence-corrected chi connectivity index (χ1v) is 10.8. The van der Waals surface area contributed by atoms with Crippen LogP contribution in [0.25, 0.3) is 0 Å². The maximum absolute atomic E-state index is 13.1. The van der Waals surface area contributed by atoms with E-state index in [9.17, 15) is 19.2 Å². The number of nitrogens with zero attached hydrogens (tertiary/aromatic N) is 1. The van der Waals surface area contributed by atoms with Crippen molar-refractivity contribution in [3.63, 3.8) is 0 Å². The molecule has 1 aromatic heterocycles. The van der Waals surface area contributed by atoms with E-state index in [1.54, 1.807) is 0 Å². The number of rotatable bonds is 2. The monoisotopic (exact) mass is 454 g/mol. The summed E-state index contributed by atoms with van der Waals surface area (Å²) >= 11 is 0. The van der Waals surface area contributed by atoms with Crippen molar-refractivity contribution in [3.05, 3.63) is 74.6 Å². The lowest BCUT2D eigenvalue weighted by atomic mass is 9.94. The highest BCUT2D eigenvalue weighted by atomic mass is 16.5. The van der Waals surface area contributed by atoms with E-state index in [1.165, 1.54) is 11.1 Å². The van der Waals surface area contributed by atoms with Crippen molar-refractivity contribution in [2.75, 3.05) is 32.8 Å². The van der Waals surface area contributed by atoms with Crippen LogP contribution in [0.2, 0.25) is 0 Å². The molecule has 1 aromatic carbocycles. The van der Waals surface area contributed by atoms with Crippen LogP contribution in [0.1, 0.15) is 17.5 Å². The minimum atomic E-state index is -1.24. The van der Waals surface area contributed by atoms with Gasteiger partial charge in [0.15, 0.2) is 5.60 Å². The molecule has 1 atom stereocenters. The molecule has 1 fully saturated rings. The zero-order valence-corrected chi connectivity index (χ0v) is 18.1. The molecular formula is C23H26N4O6. The highest BCUT2D eigenvalue weighted by molar-refractivity contribution is 5.87. The van der Waals surface area contributed by atoms with Crippen LogP contribution in [0.3, 0.4) is 0 Å². The number of nitrogens with one attached hydrogen (secondary N) is 3. The normalized spacial score (nSPS) is 22.3. The van der Waals surface area contributed by atoms with Crippen LogP contribution in [-0.4, -0.2) is 65.1 Å². The fourth-order valence-corrected chi connectivity index (χ4v) is 3.98. The third-order valence-electron chi connectivity index (χ3n) is 5.76. The standard InChI is InChI=1S/C23H26N4O6/c28-19(13-17-14-25-22(31)26-20(17)29)27-10-12-33-23(15-27)8-4-3-6-16-5-1-2-7-18(16)32-11-9-24-21(23)30/h1-5,7,14H,6,8-13,15H2,(H,24,30)(H2,25,26,29,31)/b4-3+. The maximum Gasteiger partial charge on any atom is 0.325 e. The molecule has 1 unspecified atom stereocenters. The molecule has 3 heterocycles. The molecule has 0 radical (unpaired) electrons. The second kappa shape index (κ2) is 9.86. The van der Waals surface area contributed by atoms with Gasteiger partial charge >= 0.3 is 5.69 Å². The number of aromatic amines is 2. The summed E-state index contributed by atoms with van der Waals surface area (Å²) < 4.78 is 11.8. The number of carbonyl (C=O) groups excluding carboxylic acids is 2. The number of hydrogen-bond acceptors (Lipinski definition) is 6. The fourth-order valence-electron chi connectivity index (χ4n) is 3.98. The molecule has 3 N–H and O–H groups in total. The zero-order chi connectivity index (χ0) is 23.3. The minimum Gasteiger partial charge on any atom is -0.491 e. The Balaban J connectivity index is 1.51. The fraction of sp³-hybridized carbons (Fsp3) is 0.391. The number of allylic oxidation sites excluding steroid dienone is 1. The number of fused-ring (bicyclic) bond motifs is 1. The number of amides is 2. The summed E-state index contributed by atoms with van der Waals surface area (Å²) in [6.07, 6.45) is 5.83. The molecule has 4 rings (SSSR count). The maximum atomic E-state index is 13.1. The van der Waals surface area contributed by atoms with Crippen LogP contribution in [0.4, 0.5) is 0 Å². The highest BCUT2D eigenvalue weighted by Gasteiger charge is 2.44. The average molecular weight is 454 g/mol. The van der Waals surface area contributed by atoms with Gasteiger partial charge in [0.1, 0.15) is 12.4 Å². The Labute approximate surface area is 189 Å². The van der Waals surface area contributed by atoms with E-state index in [-0.39, 0.29) is 37.0 Å². The number of morpholine rings is 1. The molecule has 0 bridgehead atoms. The Hall–Kier alpha value is -3.66. The number of carbonyl (C=O) groups is 2. The van der Waals surface area contributed by atoms with Gasteiger partial charge in [-0.15, -0.1) is 0 Å². The van der Waals surface area contributed by atoms with Crippen molar-refractivity contribution in [1.82, 2.24) is 20.2 Å². The third kappa shape index (κ3) is 5.23. The first-order chi connectivity index (χ1) is 16.0. The van der Waals surface area contributed by atoms with Gasteiger partial charge in [-0.2, -0.15) is 0 Å². The largest absolute Gasteiger partial charge is 0.491 e. The summed E-state index contributed by atoms with van der Waals surface area (Å²) in [5.74, 6) is 0.147. The van der Waals surface area contributed by atoms with E-state index in [0.29, 0.717) is 32.5 Å². The minimum absolute atomic E-state index is 0.0563. The number of benzene rings is 1. The molecule has 10 heteroatoms. The second-order valence-electron chi connectivity index (χ2n) is 8.02. The van der Waals surface area contributed by atoms with Crippen molar-refractivity contribution in [2.24, 2.45) is 0 Å². The van der Waals surface area contributed by atoms with Gasteiger partial charge < -0.3 is 24.7 Å². The lowest BCUT2D eigenvalue weighted by molar-refractivity contribution is -0.165. The number of aromatic nitrogens is 2. The third-order valence-corrected chi connectivity index (χ3v) is 5.76. The molecule has 2 aromatic rings. The Morgan fingerprint density at radius 3 is 2.82 bits per heavy atom. The topological polar surface area (TPSA) is 134 Å². The van der Waals surface area contributed by atoms with Crippen LogP contribution < -0.4 is 21.3 Å². The summed E-state index contributed by atoms with van der Waals surface area (Å²) in [5.41, 5.74) is -1.28. The lowest BCUT2D eigenvalue weighted by Gasteiger charge is -2.41. The van der Waals surface area contributed by atoms with E-state index in [1.807, 2.05) is 36.4 Å². The first kappa shape index (κ1) is 22.5. The van der Waals surface area contributed by atoms with Crippen LogP contribution in [0.15, 0.2) is 52.2 Å². The van der Waals surface area contributed by atoms with Crippen molar-refractivity contribution in [1.29, 1.82) is 0 Å².